The summed E-state index contributed by atoms with van der Waals surface area (Å²) in [6.07, 6.45) is 8.92. The molecule has 0 aliphatic carbocycles. The fourth-order valence-corrected chi connectivity index (χ4v) is 0.665. The fourth-order valence-electron chi connectivity index (χ4n) is 0.665. The second-order valence-electron chi connectivity index (χ2n) is 2.04. The average molecular weight is 146 g/mol. The van der Waals surface area contributed by atoms with Gasteiger partial charge in [0.15, 0.2) is 0 Å². The Balaban J connectivity index is 2.64. The maximum Gasteiger partial charge on any atom is 0.0341 e. The maximum atomic E-state index is 4.03. The molecule has 0 unspecified atom stereocenters. The molecule has 0 atom stereocenters. The van der Waals surface area contributed by atoms with Gasteiger partial charge in [-0.2, -0.15) is 0 Å². The van der Waals surface area contributed by atoms with Gasteiger partial charge in [0, 0.05) is 24.8 Å². The summed E-state index contributed by atoms with van der Waals surface area (Å²) in [7, 11) is 0. The van der Waals surface area contributed by atoms with Gasteiger partial charge in [-0.3, -0.25) is 9.98 Å². The molecule has 1 aromatic heterocycles. The molecule has 0 saturated carbocycles. The van der Waals surface area contributed by atoms with Gasteiger partial charge in [-0.25, -0.2) is 0 Å². The molecule has 0 saturated heterocycles. The van der Waals surface area contributed by atoms with Crippen LogP contribution in [0.3, 0.4) is 0 Å². The van der Waals surface area contributed by atoms with Gasteiger partial charge in [-0.15, -0.1) is 0 Å². The smallest absolute Gasteiger partial charge is 0.0341 e. The first kappa shape index (κ1) is 7.66. The van der Waals surface area contributed by atoms with Crippen LogP contribution in [-0.4, -0.2) is 11.2 Å². The van der Waals surface area contributed by atoms with Crippen molar-refractivity contribution in [3.8, 4) is 0 Å². The normalized spacial score (nSPS) is 11.4. The summed E-state index contributed by atoms with van der Waals surface area (Å²) in [5.74, 6) is 0. The second kappa shape index (κ2) is 4.39. The standard InChI is InChI=1S/C9H10N2/c1-2-5-11-8-9-3-6-10-7-4-9/h2-8H,1H3. The van der Waals surface area contributed by atoms with Crippen LogP contribution in [0.5, 0.6) is 0 Å². The number of allylic oxidation sites excluding steroid dienone is 1. The zero-order valence-electron chi connectivity index (χ0n) is 6.44. The maximum absolute atomic E-state index is 4.03. The van der Waals surface area contributed by atoms with Crippen molar-refractivity contribution < 1.29 is 0 Å². The molecule has 0 aliphatic rings. The van der Waals surface area contributed by atoms with E-state index >= 15 is 0 Å². The molecule has 0 aliphatic heterocycles. The van der Waals surface area contributed by atoms with Crippen molar-refractivity contribution in [3.05, 3.63) is 42.4 Å². The molecule has 1 aromatic rings. The monoisotopic (exact) mass is 146 g/mol. The first-order valence-corrected chi connectivity index (χ1v) is 3.48. The highest BCUT2D eigenvalue weighted by molar-refractivity contribution is 5.79. The van der Waals surface area contributed by atoms with Gasteiger partial charge in [0.2, 0.25) is 0 Å². The Morgan fingerprint density at radius 2 is 2.09 bits per heavy atom. The van der Waals surface area contributed by atoms with Crippen molar-refractivity contribution in [2.45, 2.75) is 6.92 Å². The number of aromatic nitrogens is 1. The van der Waals surface area contributed by atoms with E-state index in [2.05, 4.69) is 9.98 Å². The summed E-state index contributed by atoms with van der Waals surface area (Å²) in [5, 5.41) is 0. The third-order valence-corrected chi connectivity index (χ3v) is 1.16. The molecule has 2 nitrogen and oxygen atoms in total. The lowest BCUT2D eigenvalue weighted by Gasteiger charge is -1.86. The van der Waals surface area contributed by atoms with Crippen LogP contribution in [0.2, 0.25) is 0 Å². The minimum Gasteiger partial charge on any atom is -0.265 e. The Morgan fingerprint density at radius 1 is 1.36 bits per heavy atom. The van der Waals surface area contributed by atoms with Crippen molar-refractivity contribution in [2.75, 3.05) is 0 Å². The third kappa shape index (κ3) is 2.76. The Kier molecular flexibility index (Phi) is 3.06. The minimum atomic E-state index is 1.07. The van der Waals surface area contributed by atoms with Gasteiger partial charge in [-0.1, -0.05) is 6.08 Å². The zero-order chi connectivity index (χ0) is 7.94. The summed E-state index contributed by atoms with van der Waals surface area (Å²) >= 11 is 0. The van der Waals surface area contributed by atoms with E-state index in [1.807, 2.05) is 25.1 Å². The largest absolute Gasteiger partial charge is 0.265 e. The number of pyridine rings is 1. The van der Waals surface area contributed by atoms with Gasteiger partial charge >= 0.3 is 0 Å². The van der Waals surface area contributed by atoms with E-state index in [1.54, 1.807) is 24.8 Å². The molecule has 1 rings (SSSR count). The predicted molar refractivity (Wildman–Crippen MR) is 46.6 cm³/mol. The van der Waals surface area contributed by atoms with Crippen molar-refractivity contribution in [2.24, 2.45) is 4.99 Å². The molecule has 1 heterocycles. The van der Waals surface area contributed by atoms with Crippen LogP contribution >= 0.6 is 0 Å². The number of aliphatic imine (C=N–C) groups is 1. The number of hydrogen-bond acceptors (Lipinski definition) is 2. The molecule has 0 spiro atoms. The van der Waals surface area contributed by atoms with Crippen LogP contribution < -0.4 is 0 Å². The Labute approximate surface area is 66.3 Å². The van der Waals surface area contributed by atoms with E-state index in [9.17, 15) is 0 Å². The van der Waals surface area contributed by atoms with Crippen LogP contribution in [0.25, 0.3) is 0 Å². The first-order chi connectivity index (χ1) is 5.43. The molecule has 56 valence electrons. The molecule has 0 N–H and O–H groups in total. The molecule has 0 radical (unpaired) electrons. The van der Waals surface area contributed by atoms with Gasteiger partial charge in [0.25, 0.3) is 0 Å². The van der Waals surface area contributed by atoms with Gasteiger partial charge in [0.05, 0.1) is 0 Å². The summed E-state index contributed by atoms with van der Waals surface area (Å²) in [4.78, 5) is 7.92. The fraction of sp³-hybridized carbons (Fsp3) is 0.111. The van der Waals surface area contributed by atoms with Crippen molar-refractivity contribution in [1.82, 2.24) is 4.98 Å². The van der Waals surface area contributed by atoms with Crippen LogP contribution in [0, 0.1) is 0 Å². The lowest BCUT2D eigenvalue weighted by Crippen LogP contribution is -1.78. The Morgan fingerprint density at radius 3 is 2.73 bits per heavy atom. The SMILES string of the molecule is CC=CN=Cc1ccncc1. The summed E-state index contributed by atoms with van der Waals surface area (Å²) in [5.41, 5.74) is 1.07. The molecule has 0 aromatic carbocycles. The predicted octanol–water partition coefficient (Wildman–Crippen LogP) is 2.03. The van der Waals surface area contributed by atoms with E-state index < -0.39 is 0 Å². The van der Waals surface area contributed by atoms with Crippen LogP contribution in [0.4, 0.5) is 0 Å². The van der Waals surface area contributed by atoms with Gasteiger partial charge in [-0.05, 0) is 24.6 Å². The molecule has 0 amide bonds. The Bertz CT molecular complexity index is 250. The second-order valence-corrected chi connectivity index (χ2v) is 2.04. The summed E-state index contributed by atoms with van der Waals surface area (Å²) in [6, 6.07) is 3.82. The molecule has 11 heavy (non-hydrogen) atoms. The van der Waals surface area contributed by atoms with E-state index in [1.165, 1.54) is 0 Å². The lowest BCUT2D eigenvalue weighted by molar-refractivity contribution is 1.32. The molecule has 0 fully saturated rings. The molecular weight excluding hydrogens is 136 g/mol. The van der Waals surface area contributed by atoms with Crippen LogP contribution in [-0.2, 0) is 0 Å². The highest BCUT2D eigenvalue weighted by Crippen LogP contribution is 1.90. The highest BCUT2D eigenvalue weighted by atomic mass is 14.7. The zero-order valence-corrected chi connectivity index (χ0v) is 6.44. The molecular formula is C9H10N2. The first-order valence-electron chi connectivity index (χ1n) is 3.48. The quantitative estimate of drug-likeness (QED) is 0.586. The number of rotatable bonds is 2. The van der Waals surface area contributed by atoms with Crippen molar-refractivity contribution in [3.63, 3.8) is 0 Å². The third-order valence-electron chi connectivity index (χ3n) is 1.16. The van der Waals surface area contributed by atoms with Crippen LogP contribution in [0.1, 0.15) is 12.5 Å². The van der Waals surface area contributed by atoms with Crippen molar-refractivity contribution in [1.29, 1.82) is 0 Å². The van der Waals surface area contributed by atoms with E-state index in [0.29, 0.717) is 0 Å². The van der Waals surface area contributed by atoms with E-state index in [-0.39, 0.29) is 0 Å². The van der Waals surface area contributed by atoms with Gasteiger partial charge in [0.1, 0.15) is 0 Å². The lowest BCUT2D eigenvalue weighted by atomic mass is 10.3. The topological polar surface area (TPSA) is 25.2 Å². The number of nitrogens with zero attached hydrogens (tertiary/aromatic N) is 2. The average Bonchev–Trinajstić information content (AvgIpc) is 2.07. The Hall–Kier alpha value is -1.44. The molecule has 2 heteroatoms. The van der Waals surface area contributed by atoms with Crippen molar-refractivity contribution >= 4 is 6.21 Å². The number of hydrogen-bond donors (Lipinski definition) is 0. The highest BCUT2D eigenvalue weighted by Gasteiger charge is 1.80. The summed E-state index contributed by atoms with van der Waals surface area (Å²) in [6.45, 7) is 1.93. The molecule has 0 bridgehead atoms. The van der Waals surface area contributed by atoms with E-state index in [4.69, 9.17) is 0 Å². The minimum absolute atomic E-state index is 1.07. The summed E-state index contributed by atoms with van der Waals surface area (Å²) < 4.78 is 0. The van der Waals surface area contributed by atoms with Crippen LogP contribution in [0.15, 0.2) is 41.8 Å². The van der Waals surface area contributed by atoms with Gasteiger partial charge < -0.3 is 0 Å². The van der Waals surface area contributed by atoms with E-state index in [0.717, 1.165) is 5.56 Å².